The Bertz CT molecular complexity index is 1120. The van der Waals surface area contributed by atoms with Crippen molar-refractivity contribution in [3.05, 3.63) is 63.4 Å². The number of para-hydroxylation sites is 1. The largest absolute Gasteiger partial charge is 0.352 e. The first-order valence-electron chi connectivity index (χ1n) is 9.19. The Balaban J connectivity index is 1.84. The highest BCUT2D eigenvalue weighted by Gasteiger charge is 2.27. The van der Waals surface area contributed by atoms with Gasteiger partial charge in [-0.25, -0.2) is 4.98 Å². The number of hydrogen-bond donors (Lipinski definition) is 1. The quantitative estimate of drug-likeness (QED) is 0.505. The van der Waals surface area contributed by atoms with Crippen LogP contribution in [0.5, 0.6) is 0 Å². The van der Waals surface area contributed by atoms with Crippen molar-refractivity contribution in [2.75, 3.05) is 0 Å². The van der Waals surface area contributed by atoms with Crippen molar-refractivity contribution >= 4 is 40.2 Å². The van der Waals surface area contributed by atoms with E-state index < -0.39 is 0 Å². The van der Waals surface area contributed by atoms with Crippen LogP contribution in [0, 0.1) is 6.92 Å². The Labute approximate surface area is 172 Å². The van der Waals surface area contributed by atoms with E-state index in [1.807, 2.05) is 38.1 Å². The molecule has 2 aromatic carbocycles. The molecule has 0 spiro atoms. The van der Waals surface area contributed by atoms with E-state index in [0.29, 0.717) is 21.1 Å². The molecule has 7 heteroatoms. The third-order valence-electron chi connectivity index (χ3n) is 4.73. The number of hydrogen-bond acceptors (Lipinski definition) is 4. The summed E-state index contributed by atoms with van der Waals surface area (Å²) in [6.45, 7) is 3.78. The van der Waals surface area contributed by atoms with Gasteiger partial charge in [-0.2, -0.15) is 0 Å². The first-order valence-corrected chi connectivity index (χ1v) is 10.4. The van der Waals surface area contributed by atoms with Gasteiger partial charge in [0.25, 0.3) is 5.56 Å². The molecule has 4 rings (SSSR count). The van der Waals surface area contributed by atoms with Gasteiger partial charge in [-0.1, -0.05) is 41.6 Å². The Kier molecular flexibility index (Phi) is 5.17. The van der Waals surface area contributed by atoms with Crippen molar-refractivity contribution in [3.8, 4) is 5.69 Å². The van der Waals surface area contributed by atoms with Crippen LogP contribution in [-0.2, 0) is 4.79 Å². The molecule has 5 nitrogen and oxygen atoms in total. The van der Waals surface area contributed by atoms with Gasteiger partial charge in [-0.05, 0) is 56.5 Å². The second kappa shape index (κ2) is 7.60. The average molecular weight is 414 g/mol. The van der Waals surface area contributed by atoms with Crippen molar-refractivity contribution in [2.45, 2.75) is 43.1 Å². The molecule has 1 saturated carbocycles. The number of nitrogens with one attached hydrogen (secondary N) is 1. The molecule has 1 heterocycles. The molecule has 1 aromatic heterocycles. The topological polar surface area (TPSA) is 64.0 Å². The van der Waals surface area contributed by atoms with Crippen LogP contribution < -0.4 is 10.9 Å². The SMILES string of the molecule is Cc1ccccc1-n1c(S[C@@H](C)C(=O)NC2CC2)nc2cc(Cl)ccc2c1=O. The normalized spacial score (nSPS) is 14.8. The van der Waals surface area contributed by atoms with E-state index in [1.54, 1.807) is 22.8 Å². The zero-order valence-corrected chi connectivity index (χ0v) is 17.2. The first-order chi connectivity index (χ1) is 13.4. The van der Waals surface area contributed by atoms with E-state index in [2.05, 4.69) is 5.32 Å². The molecule has 0 aliphatic heterocycles. The van der Waals surface area contributed by atoms with Crippen molar-refractivity contribution in [1.29, 1.82) is 0 Å². The minimum absolute atomic E-state index is 0.0377. The van der Waals surface area contributed by atoms with Crippen molar-refractivity contribution in [2.24, 2.45) is 0 Å². The first kappa shape index (κ1) is 19.0. The average Bonchev–Trinajstić information content (AvgIpc) is 3.46. The minimum atomic E-state index is -0.376. The van der Waals surface area contributed by atoms with Gasteiger partial charge in [0, 0.05) is 11.1 Å². The minimum Gasteiger partial charge on any atom is -0.352 e. The number of thioether (sulfide) groups is 1. The highest BCUT2D eigenvalue weighted by molar-refractivity contribution is 8.00. The lowest BCUT2D eigenvalue weighted by atomic mass is 10.2. The third-order valence-corrected chi connectivity index (χ3v) is 6.02. The van der Waals surface area contributed by atoms with E-state index in [0.717, 1.165) is 24.1 Å². The molecular weight excluding hydrogens is 394 g/mol. The number of halogens is 1. The van der Waals surface area contributed by atoms with Crippen LogP contribution >= 0.6 is 23.4 Å². The summed E-state index contributed by atoms with van der Waals surface area (Å²) in [6.07, 6.45) is 2.06. The zero-order valence-electron chi connectivity index (χ0n) is 15.6. The second-order valence-corrected chi connectivity index (χ2v) is 8.77. The summed E-state index contributed by atoms with van der Waals surface area (Å²) >= 11 is 7.39. The van der Waals surface area contributed by atoms with Crippen molar-refractivity contribution in [1.82, 2.24) is 14.9 Å². The maximum atomic E-state index is 13.3. The molecule has 1 aliphatic carbocycles. The molecule has 0 unspecified atom stereocenters. The molecule has 1 aliphatic rings. The summed E-state index contributed by atoms with van der Waals surface area (Å²) in [7, 11) is 0. The molecule has 0 saturated heterocycles. The van der Waals surface area contributed by atoms with E-state index in [-0.39, 0.29) is 22.8 Å². The number of amides is 1. The summed E-state index contributed by atoms with van der Waals surface area (Å²) < 4.78 is 1.59. The lowest BCUT2D eigenvalue weighted by Gasteiger charge is -2.17. The van der Waals surface area contributed by atoms with E-state index in [4.69, 9.17) is 16.6 Å². The lowest BCUT2D eigenvalue weighted by molar-refractivity contribution is -0.120. The van der Waals surface area contributed by atoms with Gasteiger partial charge >= 0.3 is 0 Å². The van der Waals surface area contributed by atoms with E-state index in [1.165, 1.54) is 11.8 Å². The Morgan fingerprint density at radius 2 is 2.04 bits per heavy atom. The van der Waals surface area contributed by atoms with Gasteiger partial charge in [0.15, 0.2) is 5.16 Å². The Hall–Kier alpha value is -2.31. The molecule has 1 fully saturated rings. The van der Waals surface area contributed by atoms with Gasteiger partial charge in [0.1, 0.15) is 0 Å². The van der Waals surface area contributed by atoms with Gasteiger partial charge < -0.3 is 5.32 Å². The maximum absolute atomic E-state index is 13.3. The molecule has 3 aromatic rings. The number of carbonyl (C=O) groups is 1. The summed E-state index contributed by atoms with van der Waals surface area (Å²) in [5, 5.41) is 4.12. The molecule has 144 valence electrons. The number of nitrogens with zero attached hydrogens (tertiary/aromatic N) is 2. The van der Waals surface area contributed by atoms with Crippen LogP contribution in [-0.4, -0.2) is 26.8 Å². The fourth-order valence-electron chi connectivity index (χ4n) is 3.00. The number of aryl methyl sites for hydroxylation is 1. The number of carbonyl (C=O) groups excluding carboxylic acids is 1. The van der Waals surface area contributed by atoms with Crippen LogP contribution in [0.4, 0.5) is 0 Å². The smallest absolute Gasteiger partial charge is 0.266 e. The van der Waals surface area contributed by atoms with E-state index >= 15 is 0 Å². The fourth-order valence-corrected chi connectivity index (χ4v) is 4.10. The van der Waals surface area contributed by atoms with Gasteiger partial charge in [0.05, 0.1) is 21.8 Å². The molecule has 0 bridgehead atoms. The summed E-state index contributed by atoms with van der Waals surface area (Å²) in [5.41, 5.74) is 2.07. The summed E-state index contributed by atoms with van der Waals surface area (Å²) in [6, 6.07) is 13.0. The molecule has 1 atom stereocenters. The van der Waals surface area contributed by atoms with E-state index in [9.17, 15) is 9.59 Å². The van der Waals surface area contributed by atoms with Crippen molar-refractivity contribution < 1.29 is 4.79 Å². The predicted octanol–water partition coefficient (Wildman–Crippen LogP) is 4.11. The molecule has 1 N–H and O–H groups in total. The fraction of sp³-hybridized carbons (Fsp3) is 0.286. The molecule has 1 amide bonds. The molecule has 28 heavy (non-hydrogen) atoms. The maximum Gasteiger partial charge on any atom is 0.266 e. The van der Waals surface area contributed by atoms with Crippen LogP contribution in [0.25, 0.3) is 16.6 Å². The number of rotatable bonds is 5. The van der Waals surface area contributed by atoms with Gasteiger partial charge in [-0.15, -0.1) is 0 Å². The molecular formula is C21H20ClN3O2S. The van der Waals surface area contributed by atoms with Crippen LogP contribution in [0.2, 0.25) is 5.02 Å². The number of benzene rings is 2. The van der Waals surface area contributed by atoms with Gasteiger partial charge in [-0.3, -0.25) is 14.2 Å². The number of fused-ring (bicyclic) bond motifs is 1. The monoisotopic (exact) mass is 413 g/mol. The highest BCUT2D eigenvalue weighted by atomic mass is 35.5. The molecule has 0 radical (unpaired) electrons. The summed E-state index contributed by atoms with van der Waals surface area (Å²) in [5.74, 6) is -0.0377. The van der Waals surface area contributed by atoms with Crippen molar-refractivity contribution in [3.63, 3.8) is 0 Å². The van der Waals surface area contributed by atoms with Crippen LogP contribution in [0.3, 0.4) is 0 Å². The van der Waals surface area contributed by atoms with Crippen LogP contribution in [0.15, 0.2) is 52.4 Å². The van der Waals surface area contributed by atoms with Gasteiger partial charge in [0.2, 0.25) is 5.91 Å². The third kappa shape index (κ3) is 3.80. The zero-order chi connectivity index (χ0) is 19.8. The predicted molar refractivity (Wildman–Crippen MR) is 114 cm³/mol. The lowest BCUT2D eigenvalue weighted by Crippen LogP contribution is -2.33. The Morgan fingerprint density at radius 3 is 2.75 bits per heavy atom. The summed E-state index contributed by atoms with van der Waals surface area (Å²) in [4.78, 5) is 30.5. The highest BCUT2D eigenvalue weighted by Crippen LogP contribution is 2.28. The number of aromatic nitrogens is 2. The standard InChI is InChI=1S/C21H20ClN3O2S/c1-12-5-3-4-6-18(12)25-20(27)16-10-7-14(22)11-17(16)24-21(25)28-13(2)19(26)23-15-8-9-15/h3-7,10-11,13,15H,8-9H2,1-2H3,(H,23,26)/t13-/m0/s1. The Morgan fingerprint density at radius 1 is 1.29 bits per heavy atom. The second-order valence-electron chi connectivity index (χ2n) is 7.03. The van der Waals surface area contributed by atoms with Crippen LogP contribution in [0.1, 0.15) is 25.3 Å².